The summed E-state index contributed by atoms with van der Waals surface area (Å²) in [4.78, 5) is 0. The minimum absolute atomic E-state index is 0.931. The van der Waals surface area contributed by atoms with Gasteiger partial charge in [-0.3, -0.25) is 0 Å². The zero-order valence-electron chi connectivity index (χ0n) is 6.77. The minimum Gasteiger partial charge on any atom is -0.0876 e. The van der Waals surface area contributed by atoms with Crippen LogP contribution in [0.3, 0.4) is 0 Å². The van der Waals surface area contributed by atoms with E-state index in [4.69, 9.17) is 0 Å². The van der Waals surface area contributed by atoms with E-state index in [1.54, 1.807) is 0 Å². The van der Waals surface area contributed by atoms with E-state index in [2.05, 4.69) is 44.0 Å². The van der Waals surface area contributed by atoms with Crippen LogP contribution in [0, 0.1) is 0 Å². The van der Waals surface area contributed by atoms with E-state index >= 15 is 0 Å². The standard InChI is InChI=1S/C7H6Br2.C2H6/c8-5-6-1-3-7(9)4-2-6;1-2/h1-4H,5H2;1-2H3. The molecule has 0 amide bonds. The lowest BCUT2D eigenvalue weighted by Crippen LogP contribution is -1.73. The van der Waals surface area contributed by atoms with Crippen LogP contribution in [-0.4, -0.2) is 0 Å². The Kier molecular flexibility index (Phi) is 6.98. The van der Waals surface area contributed by atoms with Crippen LogP contribution in [0.4, 0.5) is 0 Å². The molecule has 0 saturated heterocycles. The van der Waals surface area contributed by atoms with E-state index < -0.39 is 0 Å². The van der Waals surface area contributed by atoms with Crippen LogP contribution < -0.4 is 0 Å². The predicted octanol–water partition coefficient (Wildman–Crippen LogP) is 4.37. The monoisotopic (exact) mass is 278 g/mol. The minimum atomic E-state index is 0.931. The highest BCUT2D eigenvalue weighted by Crippen LogP contribution is 2.11. The Morgan fingerprint density at radius 3 is 1.91 bits per heavy atom. The van der Waals surface area contributed by atoms with E-state index in [1.807, 2.05) is 26.0 Å². The van der Waals surface area contributed by atoms with Gasteiger partial charge in [-0.25, -0.2) is 0 Å². The van der Waals surface area contributed by atoms with Crippen molar-refractivity contribution in [1.29, 1.82) is 0 Å². The Hall–Kier alpha value is 0.180. The van der Waals surface area contributed by atoms with Crippen LogP contribution in [0.2, 0.25) is 0 Å². The normalized spacial score (nSPS) is 8.36. The fourth-order valence-electron chi connectivity index (χ4n) is 0.573. The Bertz CT molecular complexity index is 179. The third-order valence-corrected chi connectivity index (χ3v) is 2.24. The van der Waals surface area contributed by atoms with Crippen LogP contribution >= 0.6 is 31.9 Å². The molecule has 0 unspecified atom stereocenters. The van der Waals surface area contributed by atoms with Gasteiger partial charge in [-0.05, 0) is 17.7 Å². The lowest BCUT2D eigenvalue weighted by atomic mass is 10.2. The maximum absolute atomic E-state index is 3.37. The molecule has 0 aliphatic rings. The van der Waals surface area contributed by atoms with Crippen LogP contribution in [0.15, 0.2) is 28.7 Å². The molecule has 0 aromatic heterocycles. The smallest absolute Gasteiger partial charge is 0.0283 e. The van der Waals surface area contributed by atoms with E-state index in [0.29, 0.717) is 0 Å². The second kappa shape index (κ2) is 6.86. The van der Waals surface area contributed by atoms with Gasteiger partial charge in [0.05, 0.1) is 0 Å². The van der Waals surface area contributed by atoms with Crippen molar-refractivity contribution in [1.82, 2.24) is 0 Å². The van der Waals surface area contributed by atoms with E-state index in [1.165, 1.54) is 5.56 Å². The number of hydrogen-bond acceptors (Lipinski definition) is 0. The van der Waals surface area contributed by atoms with Crippen LogP contribution in [-0.2, 0) is 5.33 Å². The quantitative estimate of drug-likeness (QED) is 0.670. The first-order chi connectivity index (χ1) is 5.33. The molecule has 2 heteroatoms. The molecule has 11 heavy (non-hydrogen) atoms. The molecule has 0 aliphatic carbocycles. The molecule has 0 heterocycles. The lowest BCUT2D eigenvalue weighted by Gasteiger charge is -1.92. The average Bonchev–Trinajstić information content (AvgIpc) is 2.10. The number of hydrogen-bond donors (Lipinski definition) is 0. The molecule has 0 nitrogen and oxygen atoms in total. The highest BCUT2D eigenvalue weighted by atomic mass is 79.9. The number of rotatable bonds is 1. The zero-order valence-corrected chi connectivity index (χ0v) is 9.94. The highest BCUT2D eigenvalue weighted by molar-refractivity contribution is 9.10. The van der Waals surface area contributed by atoms with Crippen molar-refractivity contribution in [2.24, 2.45) is 0 Å². The van der Waals surface area contributed by atoms with Crippen LogP contribution in [0.25, 0.3) is 0 Å². The maximum Gasteiger partial charge on any atom is 0.0283 e. The van der Waals surface area contributed by atoms with Gasteiger partial charge in [0.2, 0.25) is 0 Å². The molecule has 1 aromatic carbocycles. The summed E-state index contributed by atoms with van der Waals surface area (Å²) < 4.78 is 1.13. The maximum atomic E-state index is 3.37. The van der Waals surface area contributed by atoms with Gasteiger partial charge in [0, 0.05) is 9.80 Å². The Morgan fingerprint density at radius 1 is 1.09 bits per heavy atom. The lowest BCUT2D eigenvalue weighted by molar-refractivity contribution is 1.43. The van der Waals surface area contributed by atoms with Gasteiger partial charge in [-0.15, -0.1) is 0 Å². The van der Waals surface area contributed by atoms with Gasteiger partial charge in [0.15, 0.2) is 0 Å². The van der Waals surface area contributed by atoms with Crippen molar-refractivity contribution >= 4 is 31.9 Å². The highest BCUT2D eigenvalue weighted by Gasteiger charge is 1.86. The molecular weight excluding hydrogens is 268 g/mol. The molecule has 0 radical (unpaired) electrons. The summed E-state index contributed by atoms with van der Waals surface area (Å²) in [5.41, 5.74) is 1.30. The van der Waals surface area contributed by atoms with E-state index in [9.17, 15) is 0 Å². The first kappa shape index (κ1) is 11.2. The molecule has 0 spiro atoms. The summed E-state index contributed by atoms with van der Waals surface area (Å²) >= 11 is 6.73. The number of alkyl halides is 1. The fourth-order valence-corrected chi connectivity index (χ4v) is 1.21. The van der Waals surface area contributed by atoms with Gasteiger partial charge in [0.25, 0.3) is 0 Å². The third-order valence-electron chi connectivity index (χ3n) is 1.07. The van der Waals surface area contributed by atoms with Gasteiger partial charge in [-0.1, -0.05) is 57.8 Å². The summed E-state index contributed by atoms with van der Waals surface area (Å²) in [5, 5.41) is 0.931. The molecular formula is C9H12Br2. The van der Waals surface area contributed by atoms with Crippen molar-refractivity contribution in [3.05, 3.63) is 34.3 Å². The first-order valence-electron chi connectivity index (χ1n) is 3.63. The van der Waals surface area contributed by atoms with Gasteiger partial charge in [0.1, 0.15) is 0 Å². The first-order valence-corrected chi connectivity index (χ1v) is 5.55. The van der Waals surface area contributed by atoms with Crippen LogP contribution in [0.5, 0.6) is 0 Å². The van der Waals surface area contributed by atoms with Gasteiger partial charge in [-0.2, -0.15) is 0 Å². The summed E-state index contributed by atoms with van der Waals surface area (Å²) in [5.74, 6) is 0. The predicted molar refractivity (Wildman–Crippen MR) is 58.1 cm³/mol. The molecule has 1 rings (SSSR count). The number of halogens is 2. The molecule has 0 bridgehead atoms. The molecule has 0 atom stereocenters. The fraction of sp³-hybridized carbons (Fsp3) is 0.333. The van der Waals surface area contributed by atoms with Crippen molar-refractivity contribution in [3.63, 3.8) is 0 Å². The van der Waals surface area contributed by atoms with Crippen LogP contribution in [0.1, 0.15) is 19.4 Å². The Balaban J connectivity index is 0.000000461. The molecule has 0 saturated carbocycles. The molecule has 62 valence electrons. The number of benzene rings is 1. The van der Waals surface area contributed by atoms with E-state index in [-0.39, 0.29) is 0 Å². The van der Waals surface area contributed by atoms with Crippen molar-refractivity contribution in [2.45, 2.75) is 19.2 Å². The zero-order chi connectivity index (χ0) is 8.69. The van der Waals surface area contributed by atoms with Gasteiger partial charge >= 0.3 is 0 Å². The van der Waals surface area contributed by atoms with Crippen molar-refractivity contribution in [3.8, 4) is 0 Å². The average molecular weight is 280 g/mol. The Morgan fingerprint density at radius 2 is 1.55 bits per heavy atom. The van der Waals surface area contributed by atoms with E-state index in [0.717, 1.165) is 9.80 Å². The molecule has 1 aromatic rings. The van der Waals surface area contributed by atoms with Crippen molar-refractivity contribution in [2.75, 3.05) is 0 Å². The second-order valence-electron chi connectivity index (χ2n) is 1.76. The second-order valence-corrected chi connectivity index (χ2v) is 3.24. The summed E-state index contributed by atoms with van der Waals surface area (Å²) in [6.07, 6.45) is 0. The largest absolute Gasteiger partial charge is 0.0876 e. The Labute approximate surface area is 85.3 Å². The topological polar surface area (TPSA) is 0 Å². The van der Waals surface area contributed by atoms with Gasteiger partial charge < -0.3 is 0 Å². The third kappa shape index (κ3) is 4.59. The molecule has 0 aliphatic heterocycles. The summed E-state index contributed by atoms with van der Waals surface area (Å²) in [7, 11) is 0. The summed E-state index contributed by atoms with van der Waals surface area (Å²) in [6.45, 7) is 4.00. The van der Waals surface area contributed by atoms with Crippen molar-refractivity contribution < 1.29 is 0 Å². The SMILES string of the molecule is BrCc1ccc(Br)cc1.CC. The molecule has 0 N–H and O–H groups in total. The summed E-state index contributed by atoms with van der Waals surface area (Å²) in [6, 6.07) is 8.24. The molecule has 0 fully saturated rings.